The molecule has 1 saturated heterocycles. The fraction of sp³-hybridized carbons (Fsp3) is 0.944. The van der Waals surface area contributed by atoms with Gasteiger partial charge < -0.3 is 5.32 Å². The van der Waals surface area contributed by atoms with Gasteiger partial charge in [-0.2, -0.15) is 0 Å². The van der Waals surface area contributed by atoms with Crippen molar-refractivity contribution in [2.24, 2.45) is 23.2 Å². The molecule has 2 aliphatic rings. The van der Waals surface area contributed by atoms with Crippen LogP contribution in [0.25, 0.3) is 0 Å². The highest BCUT2D eigenvalue weighted by Gasteiger charge is 2.38. The van der Waals surface area contributed by atoms with E-state index in [0.717, 1.165) is 18.9 Å². The van der Waals surface area contributed by atoms with E-state index in [1.54, 1.807) is 0 Å². The molecule has 2 rings (SSSR count). The topological polar surface area (TPSA) is 32.3 Å². The second-order valence-corrected chi connectivity index (χ2v) is 8.69. The molecule has 1 saturated carbocycles. The summed E-state index contributed by atoms with van der Waals surface area (Å²) in [6.45, 7) is 15.2. The third-order valence-electron chi connectivity index (χ3n) is 5.35. The van der Waals surface area contributed by atoms with Gasteiger partial charge in [-0.25, -0.2) is 0 Å². The Hall–Kier alpha value is -0.570. The van der Waals surface area contributed by atoms with Crippen LogP contribution in [0.3, 0.4) is 0 Å². The molecule has 1 heterocycles. The summed E-state index contributed by atoms with van der Waals surface area (Å²) in [5.74, 6) is 2.48. The molecular formula is C18H34N2O. The Morgan fingerprint density at radius 2 is 1.71 bits per heavy atom. The SMILES string of the molecule is CC(C)C1CC(NC(=O)C(C)(C)C)CN(C(C)C2CC2)C1. The Morgan fingerprint density at radius 3 is 2.19 bits per heavy atom. The minimum Gasteiger partial charge on any atom is -0.352 e. The number of piperidine rings is 1. The van der Waals surface area contributed by atoms with Gasteiger partial charge in [0.15, 0.2) is 0 Å². The van der Waals surface area contributed by atoms with E-state index in [1.807, 2.05) is 20.8 Å². The second-order valence-electron chi connectivity index (χ2n) is 8.69. The van der Waals surface area contributed by atoms with Gasteiger partial charge in [-0.1, -0.05) is 34.6 Å². The van der Waals surface area contributed by atoms with Crippen molar-refractivity contribution in [3.63, 3.8) is 0 Å². The molecule has 0 aromatic carbocycles. The van der Waals surface area contributed by atoms with E-state index in [9.17, 15) is 4.79 Å². The van der Waals surface area contributed by atoms with Gasteiger partial charge in [0.2, 0.25) is 5.91 Å². The number of amides is 1. The van der Waals surface area contributed by atoms with Gasteiger partial charge in [-0.3, -0.25) is 9.69 Å². The largest absolute Gasteiger partial charge is 0.352 e. The Kier molecular flexibility index (Phi) is 5.02. The van der Waals surface area contributed by atoms with Crippen molar-refractivity contribution in [2.45, 2.75) is 72.9 Å². The first-order valence-electron chi connectivity index (χ1n) is 8.73. The third-order valence-corrected chi connectivity index (χ3v) is 5.35. The highest BCUT2D eigenvalue weighted by molar-refractivity contribution is 5.81. The molecule has 1 amide bonds. The van der Waals surface area contributed by atoms with Crippen LogP contribution in [0.15, 0.2) is 0 Å². The average molecular weight is 294 g/mol. The number of rotatable bonds is 4. The van der Waals surface area contributed by atoms with Crippen molar-refractivity contribution in [3.8, 4) is 0 Å². The standard InChI is InChI=1S/C18H34N2O/c1-12(2)15-9-16(19-17(21)18(4,5)6)11-20(10-15)13(3)14-7-8-14/h12-16H,7-11H2,1-6H3,(H,19,21). The summed E-state index contributed by atoms with van der Waals surface area (Å²) in [6.07, 6.45) is 3.92. The lowest BCUT2D eigenvalue weighted by atomic mass is 9.84. The average Bonchev–Trinajstić information content (AvgIpc) is 3.20. The molecule has 3 nitrogen and oxygen atoms in total. The zero-order chi connectivity index (χ0) is 15.8. The molecule has 1 aliphatic carbocycles. The smallest absolute Gasteiger partial charge is 0.225 e. The molecule has 1 N–H and O–H groups in total. The van der Waals surface area contributed by atoms with Gasteiger partial charge >= 0.3 is 0 Å². The maximum atomic E-state index is 12.3. The normalized spacial score (nSPS) is 29.5. The molecule has 3 atom stereocenters. The summed E-state index contributed by atoms with van der Waals surface area (Å²) in [6, 6.07) is 1.000. The van der Waals surface area contributed by atoms with Gasteiger partial charge in [0.25, 0.3) is 0 Å². The summed E-state index contributed by atoms with van der Waals surface area (Å²) in [5, 5.41) is 3.31. The molecule has 0 aromatic rings. The summed E-state index contributed by atoms with van der Waals surface area (Å²) < 4.78 is 0. The fourth-order valence-corrected chi connectivity index (χ4v) is 3.37. The molecule has 3 heteroatoms. The van der Waals surface area contributed by atoms with E-state index >= 15 is 0 Å². The number of hydrogen-bond donors (Lipinski definition) is 1. The van der Waals surface area contributed by atoms with E-state index in [0.29, 0.717) is 23.9 Å². The first-order valence-corrected chi connectivity index (χ1v) is 8.73. The molecule has 122 valence electrons. The number of likely N-dealkylation sites (tertiary alicyclic amines) is 1. The van der Waals surface area contributed by atoms with Gasteiger partial charge in [0.1, 0.15) is 0 Å². The lowest BCUT2D eigenvalue weighted by molar-refractivity contribution is -0.130. The second kappa shape index (κ2) is 6.28. The van der Waals surface area contributed by atoms with Crippen molar-refractivity contribution in [3.05, 3.63) is 0 Å². The van der Waals surface area contributed by atoms with Crippen molar-refractivity contribution in [2.75, 3.05) is 13.1 Å². The van der Waals surface area contributed by atoms with Crippen molar-refractivity contribution >= 4 is 5.91 Å². The molecule has 21 heavy (non-hydrogen) atoms. The minimum atomic E-state index is -0.294. The molecule has 0 radical (unpaired) electrons. The molecule has 0 bridgehead atoms. The van der Waals surface area contributed by atoms with Gasteiger partial charge in [0.05, 0.1) is 0 Å². The number of nitrogens with one attached hydrogen (secondary N) is 1. The van der Waals surface area contributed by atoms with E-state index in [1.165, 1.54) is 19.4 Å². The van der Waals surface area contributed by atoms with Crippen molar-refractivity contribution < 1.29 is 4.79 Å². The van der Waals surface area contributed by atoms with Crippen LogP contribution < -0.4 is 5.32 Å². The van der Waals surface area contributed by atoms with Gasteiger partial charge in [0, 0.05) is 30.6 Å². The van der Waals surface area contributed by atoms with E-state index < -0.39 is 0 Å². The predicted octanol–water partition coefficient (Wildman–Crippen LogP) is 3.29. The Bertz CT molecular complexity index is 368. The number of carbonyl (C=O) groups is 1. The summed E-state index contributed by atoms with van der Waals surface area (Å²) in [5.41, 5.74) is -0.294. The Balaban J connectivity index is 2.00. The molecule has 3 unspecified atom stereocenters. The van der Waals surface area contributed by atoms with Crippen LogP contribution in [0, 0.1) is 23.2 Å². The number of nitrogens with zero attached hydrogens (tertiary/aromatic N) is 1. The van der Waals surface area contributed by atoms with E-state index in [2.05, 4.69) is 31.0 Å². The van der Waals surface area contributed by atoms with Crippen LogP contribution in [0.2, 0.25) is 0 Å². The van der Waals surface area contributed by atoms with Crippen molar-refractivity contribution in [1.82, 2.24) is 10.2 Å². The molecule has 0 spiro atoms. The maximum absolute atomic E-state index is 12.3. The zero-order valence-corrected chi connectivity index (χ0v) is 14.8. The summed E-state index contributed by atoms with van der Waals surface area (Å²) in [7, 11) is 0. The Labute approximate surface area is 130 Å². The van der Waals surface area contributed by atoms with Crippen LogP contribution >= 0.6 is 0 Å². The lowest BCUT2D eigenvalue weighted by Crippen LogP contribution is -2.55. The summed E-state index contributed by atoms with van der Waals surface area (Å²) in [4.78, 5) is 14.9. The summed E-state index contributed by atoms with van der Waals surface area (Å²) >= 11 is 0. The van der Waals surface area contributed by atoms with Crippen LogP contribution in [-0.4, -0.2) is 36.0 Å². The van der Waals surface area contributed by atoms with E-state index in [-0.39, 0.29) is 11.3 Å². The minimum absolute atomic E-state index is 0.191. The molecular weight excluding hydrogens is 260 g/mol. The van der Waals surface area contributed by atoms with Crippen molar-refractivity contribution in [1.29, 1.82) is 0 Å². The quantitative estimate of drug-likeness (QED) is 0.863. The van der Waals surface area contributed by atoms with Crippen LogP contribution in [0.4, 0.5) is 0 Å². The number of hydrogen-bond acceptors (Lipinski definition) is 2. The lowest BCUT2D eigenvalue weighted by Gasteiger charge is -2.43. The highest BCUT2D eigenvalue weighted by atomic mass is 16.2. The first kappa shape index (κ1) is 16.8. The third kappa shape index (κ3) is 4.45. The van der Waals surface area contributed by atoms with Gasteiger partial charge in [-0.05, 0) is 43.9 Å². The molecule has 1 aliphatic heterocycles. The number of carbonyl (C=O) groups excluding carboxylic acids is 1. The monoisotopic (exact) mass is 294 g/mol. The molecule has 2 fully saturated rings. The van der Waals surface area contributed by atoms with Crippen LogP contribution in [0.1, 0.15) is 60.8 Å². The van der Waals surface area contributed by atoms with E-state index in [4.69, 9.17) is 0 Å². The maximum Gasteiger partial charge on any atom is 0.225 e. The zero-order valence-electron chi connectivity index (χ0n) is 14.8. The predicted molar refractivity (Wildman–Crippen MR) is 88.1 cm³/mol. The first-order chi connectivity index (χ1) is 9.68. The highest BCUT2D eigenvalue weighted by Crippen LogP contribution is 2.37. The Morgan fingerprint density at radius 1 is 1.10 bits per heavy atom. The molecule has 0 aromatic heterocycles. The van der Waals surface area contributed by atoms with Gasteiger partial charge in [-0.15, -0.1) is 0 Å². The fourth-order valence-electron chi connectivity index (χ4n) is 3.37. The van der Waals surface area contributed by atoms with Crippen LogP contribution in [-0.2, 0) is 4.79 Å². The van der Waals surface area contributed by atoms with Crippen LogP contribution in [0.5, 0.6) is 0 Å².